The minimum absolute atomic E-state index is 0.0469. The van der Waals surface area contributed by atoms with Crippen molar-refractivity contribution in [1.82, 2.24) is 0 Å². The first-order chi connectivity index (χ1) is 8.43. The van der Waals surface area contributed by atoms with Crippen LogP contribution in [-0.4, -0.2) is 35.4 Å². The molecule has 1 rings (SSSR count). The Hall–Kier alpha value is -1.89. The lowest BCUT2D eigenvalue weighted by Crippen LogP contribution is -2.10. The van der Waals surface area contributed by atoms with Crippen LogP contribution in [0.25, 0.3) is 0 Å². The second kappa shape index (κ2) is 8.24. The van der Waals surface area contributed by atoms with Crippen LogP contribution in [0.1, 0.15) is 20.7 Å². The van der Waals surface area contributed by atoms with Crippen molar-refractivity contribution in [2.45, 2.75) is 0 Å². The number of benzene rings is 1. The lowest BCUT2D eigenvalue weighted by molar-refractivity contribution is -0.115. The normalized spacial score (nSPS) is 8.78. The molecule has 7 heteroatoms. The average Bonchev–Trinajstić information content (AvgIpc) is 2.38. The van der Waals surface area contributed by atoms with Gasteiger partial charge in [-0.25, -0.2) is 9.59 Å². The highest BCUT2D eigenvalue weighted by molar-refractivity contribution is 9.09. The van der Waals surface area contributed by atoms with E-state index in [4.69, 9.17) is 5.11 Å². The lowest BCUT2D eigenvalue weighted by atomic mass is 10.1. The highest BCUT2D eigenvalue weighted by atomic mass is 79.9. The number of aromatic carboxylic acids is 1. The van der Waals surface area contributed by atoms with Gasteiger partial charge in [0.1, 0.15) is 0 Å². The number of carboxylic acid groups (broad SMARTS) is 1. The van der Waals surface area contributed by atoms with Crippen molar-refractivity contribution >= 4 is 33.8 Å². The predicted octanol–water partition coefficient (Wildman–Crippen LogP) is 1.04. The molecule has 0 aliphatic rings. The summed E-state index contributed by atoms with van der Waals surface area (Å²) in [5.74, 6) is -2.11. The predicted molar refractivity (Wildman–Crippen MR) is 67.7 cm³/mol. The summed E-state index contributed by atoms with van der Waals surface area (Å²) in [7, 11) is 1.21. The van der Waals surface area contributed by atoms with Crippen LogP contribution in [0.4, 0.5) is 0 Å². The van der Waals surface area contributed by atoms with Crippen molar-refractivity contribution in [3.63, 3.8) is 0 Å². The number of alkyl halides is 1. The fraction of sp³-hybridized carbons (Fsp3) is 0.182. The van der Waals surface area contributed by atoms with Crippen LogP contribution in [0, 0.1) is 0 Å². The van der Waals surface area contributed by atoms with E-state index in [1.165, 1.54) is 19.2 Å². The third kappa shape index (κ3) is 5.44. The Morgan fingerprint density at radius 1 is 1.28 bits per heavy atom. The van der Waals surface area contributed by atoms with Gasteiger partial charge in [0.2, 0.25) is 5.91 Å². The average molecular weight is 318 g/mol. The largest absolute Gasteiger partial charge is 0.478 e. The van der Waals surface area contributed by atoms with E-state index in [9.17, 15) is 14.4 Å². The number of carbonyl (C=O) groups is 3. The second-order valence-electron chi connectivity index (χ2n) is 2.94. The Bertz CT molecular complexity index is 447. The van der Waals surface area contributed by atoms with Gasteiger partial charge >= 0.3 is 11.9 Å². The lowest BCUT2D eigenvalue weighted by Gasteiger charge is -2.02. The van der Waals surface area contributed by atoms with Crippen LogP contribution in [0.2, 0.25) is 0 Å². The van der Waals surface area contributed by atoms with Crippen LogP contribution < -0.4 is 5.73 Å². The second-order valence-corrected chi connectivity index (χ2v) is 3.50. The molecule has 6 nitrogen and oxygen atoms in total. The van der Waals surface area contributed by atoms with Crippen LogP contribution in [0.5, 0.6) is 0 Å². The zero-order valence-electron chi connectivity index (χ0n) is 9.55. The molecule has 0 aromatic heterocycles. The Morgan fingerprint density at radius 3 is 2.06 bits per heavy atom. The van der Waals surface area contributed by atoms with E-state index in [2.05, 4.69) is 26.4 Å². The monoisotopic (exact) mass is 317 g/mol. The van der Waals surface area contributed by atoms with Gasteiger partial charge < -0.3 is 15.6 Å². The summed E-state index contributed by atoms with van der Waals surface area (Å²) in [4.78, 5) is 31.2. The molecule has 0 saturated heterocycles. The number of rotatable bonds is 3. The summed E-state index contributed by atoms with van der Waals surface area (Å²) >= 11 is 2.84. The Balaban J connectivity index is 0.000000494. The molecular formula is C11H12BrNO5. The molecule has 18 heavy (non-hydrogen) atoms. The van der Waals surface area contributed by atoms with E-state index in [0.717, 1.165) is 0 Å². The number of hydrogen-bond donors (Lipinski definition) is 2. The number of amides is 1. The smallest absolute Gasteiger partial charge is 0.338 e. The van der Waals surface area contributed by atoms with Gasteiger partial charge in [-0.05, 0) is 12.1 Å². The first kappa shape index (κ1) is 16.1. The molecule has 98 valence electrons. The molecule has 1 aromatic rings. The maximum absolute atomic E-state index is 11.1. The van der Waals surface area contributed by atoms with Gasteiger partial charge in [-0.3, -0.25) is 4.79 Å². The van der Waals surface area contributed by atoms with Crippen molar-refractivity contribution in [3.8, 4) is 0 Å². The molecule has 0 aliphatic heterocycles. The molecule has 0 unspecified atom stereocenters. The summed E-state index contributed by atoms with van der Waals surface area (Å²) < 4.78 is 4.42. The first-order valence-electron chi connectivity index (χ1n) is 4.69. The molecule has 1 amide bonds. The van der Waals surface area contributed by atoms with E-state index in [-0.39, 0.29) is 22.4 Å². The maximum Gasteiger partial charge on any atom is 0.338 e. The van der Waals surface area contributed by atoms with Gasteiger partial charge in [-0.2, -0.15) is 0 Å². The minimum atomic E-state index is -1.14. The number of ether oxygens (including phenoxy) is 1. The van der Waals surface area contributed by atoms with E-state index in [1.54, 1.807) is 12.1 Å². The molecule has 0 radical (unpaired) electrons. The first-order valence-corrected chi connectivity index (χ1v) is 5.81. The summed E-state index contributed by atoms with van der Waals surface area (Å²) in [6.45, 7) is 0. The molecule has 0 bridgehead atoms. The number of halogens is 1. The molecule has 0 spiro atoms. The minimum Gasteiger partial charge on any atom is -0.478 e. The standard InChI is InChI=1S/C9H8O4.C2H4BrNO/c1-13-9(12)7-5-3-2-4-6(7)8(10)11;3-1-2(4)5/h2-5H,1H3,(H,10,11);1H2,(H2,4,5). The molecule has 0 saturated carbocycles. The molecule has 1 aromatic carbocycles. The van der Waals surface area contributed by atoms with Crippen molar-refractivity contribution in [1.29, 1.82) is 0 Å². The van der Waals surface area contributed by atoms with Crippen molar-refractivity contribution in [2.75, 3.05) is 12.4 Å². The van der Waals surface area contributed by atoms with Gasteiger partial charge in [0.05, 0.1) is 23.6 Å². The summed E-state index contributed by atoms with van der Waals surface area (Å²) in [6.07, 6.45) is 0. The highest BCUT2D eigenvalue weighted by Crippen LogP contribution is 2.09. The van der Waals surface area contributed by atoms with Crippen LogP contribution in [0.3, 0.4) is 0 Å². The van der Waals surface area contributed by atoms with Crippen molar-refractivity contribution in [2.24, 2.45) is 5.73 Å². The molecule has 0 aliphatic carbocycles. The fourth-order valence-corrected chi connectivity index (χ4v) is 0.958. The number of esters is 1. The van der Waals surface area contributed by atoms with Crippen LogP contribution in [-0.2, 0) is 9.53 Å². The van der Waals surface area contributed by atoms with Gasteiger partial charge in [-0.15, -0.1) is 0 Å². The molecule has 0 fully saturated rings. The number of carbonyl (C=O) groups excluding carboxylic acids is 2. The summed E-state index contributed by atoms with van der Waals surface area (Å²) in [6, 6.07) is 5.90. The number of nitrogens with two attached hydrogens (primary N) is 1. The summed E-state index contributed by atoms with van der Waals surface area (Å²) in [5, 5.41) is 8.96. The topological polar surface area (TPSA) is 107 Å². The number of carboxylic acids is 1. The Kier molecular flexibility index (Phi) is 7.37. The molecular weight excluding hydrogens is 306 g/mol. The van der Waals surface area contributed by atoms with Crippen molar-refractivity contribution in [3.05, 3.63) is 35.4 Å². The van der Waals surface area contributed by atoms with E-state index < -0.39 is 11.9 Å². The van der Waals surface area contributed by atoms with Gasteiger partial charge in [0.25, 0.3) is 0 Å². The number of hydrogen-bond acceptors (Lipinski definition) is 4. The van der Waals surface area contributed by atoms with Crippen molar-refractivity contribution < 1.29 is 24.2 Å². The third-order valence-electron chi connectivity index (χ3n) is 1.69. The number of primary amides is 1. The van der Waals surface area contributed by atoms with Crippen LogP contribution >= 0.6 is 15.9 Å². The van der Waals surface area contributed by atoms with Gasteiger partial charge in [-0.1, -0.05) is 28.1 Å². The Labute approximate surface area is 112 Å². The zero-order chi connectivity index (χ0) is 14.1. The molecule has 0 heterocycles. The maximum atomic E-state index is 11.1. The van der Waals surface area contributed by atoms with Gasteiger partial charge in [0.15, 0.2) is 0 Å². The third-order valence-corrected chi connectivity index (χ3v) is 2.25. The number of methoxy groups -OCH3 is 1. The van der Waals surface area contributed by atoms with E-state index in [0.29, 0.717) is 0 Å². The molecule has 3 N–H and O–H groups in total. The molecule has 0 atom stereocenters. The highest BCUT2D eigenvalue weighted by Gasteiger charge is 2.15. The Morgan fingerprint density at radius 2 is 1.72 bits per heavy atom. The SMILES string of the molecule is COC(=O)c1ccccc1C(=O)O.NC(=O)CBr. The quantitative estimate of drug-likeness (QED) is 0.639. The fourth-order valence-electron chi connectivity index (χ4n) is 0.958. The zero-order valence-corrected chi connectivity index (χ0v) is 11.1. The van der Waals surface area contributed by atoms with Crippen LogP contribution in [0.15, 0.2) is 24.3 Å². The van der Waals surface area contributed by atoms with E-state index in [1.807, 2.05) is 0 Å². The van der Waals surface area contributed by atoms with E-state index >= 15 is 0 Å². The summed E-state index contributed by atoms with van der Waals surface area (Å²) in [5.41, 5.74) is 4.63. The van der Waals surface area contributed by atoms with Gasteiger partial charge in [0, 0.05) is 0 Å².